The Labute approximate surface area is 124 Å². The van der Waals surface area contributed by atoms with Crippen LogP contribution in [0.15, 0.2) is 36.4 Å². The number of hydrogen-bond donors (Lipinski definition) is 2. The van der Waals surface area contributed by atoms with Crippen molar-refractivity contribution in [2.75, 3.05) is 39.3 Å². The number of pyridine rings is 1. The lowest BCUT2D eigenvalue weighted by Crippen LogP contribution is -2.46. The Morgan fingerprint density at radius 3 is 2.86 bits per heavy atom. The number of amides is 1. The number of carbonyl (C=O) groups excluding carboxylic acids is 1. The summed E-state index contributed by atoms with van der Waals surface area (Å²) < 4.78 is 0. The first-order chi connectivity index (χ1) is 10.3. The highest BCUT2D eigenvalue weighted by atomic mass is 16.1. The van der Waals surface area contributed by atoms with Crippen molar-refractivity contribution < 1.29 is 4.79 Å². The standard InChI is InChI=1S/C16H20N4O/c21-16(18-9-12-20-10-7-17-8-11-20)15-6-5-13-3-1-2-4-14(13)19-15/h1-6,17H,7-12H2,(H,18,21). The number of aromatic nitrogens is 1. The minimum Gasteiger partial charge on any atom is -0.349 e. The topological polar surface area (TPSA) is 57.3 Å². The number of para-hydroxylation sites is 1. The first-order valence-corrected chi connectivity index (χ1v) is 7.40. The second kappa shape index (κ2) is 6.65. The lowest BCUT2D eigenvalue weighted by atomic mass is 10.2. The van der Waals surface area contributed by atoms with E-state index in [0.29, 0.717) is 12.2 Å². The molecule has 2 aromatic rings. The van der Waals surface area contributed by atoms with E-state index >= 15 is 0 Å². The molecule has 21 heavy (non-hydrogen) atoms. The lowest BCUT2D eigenvalue weighted by Gasteiger charge is -2.27. The molecule has 0 spiro atoms. The summed E-state index contributed by atoms with van der Waals surface area (Å²) in [5, 5.41) is 7.32. The quantitative estimate of drug-likeness (QED) is 0.875. The summed E-state index contributed by atoms with van der Waals surface area (Å²) in [5.41, 5.74) is 1.33. The van der Waals surface area contributed by atoms with Crippen molar-refractivity contribution in [1.29, 1.82) is 0 Å². The van der Waals surface area contributed by atoms with Gasteiger partial charge in [0.2, 0.25) is 0 Å². The van der Waals surface area contributed by atoms with Gasteiger partial charge in [0.15, 0.2) is 0 Å². The van der Waals surface area contributed by atoms with Crippen molar-refractivity contribution >= 4 is 16.8 Å². The first kappa shape index (κ1) is 14.0. The van der Waals surface area contributed by atoms with Gasteiger partial charge in [0.1, 0.15) is 5.69 Å². The van der Waals surface area contributed by atoms with Crippen LogP contribution in [0.3, 0.4) is 0 Å². The monoisotopic (exact) mass is 284 g/mol. The number of nitrogens with zero attached hydrogens (tertiary/aromatic N) is 2. The molecule has 0 atom stereocenters. The van der Waals surface area contributed by atoms with Gasteiger partial charge in [-0.25, -0.2) is 4.98 Å². The minimum atomic E-state index is -0.101. The molecule has 5 heteroatoms. The molecule has 0 bridgehead atoms. The number of nitrogens with one attached hydrogen (secondary N) is 2. The molecule has 3 rings (SSSR count). The molecule has 5 nitrogen and oxygen atoms in total. The van der Waals surface area contributed by atoms with Crippen LogP contribution in [0, 0.1) is 0 Å². The van der Waals surface area contributed by atoms with E-state index in [-0.39, 0.29) is 5.91 Å². The molecule has 0 unspecified atom stereocenters. The Kier molecular flexibility index (Phi) is 4.43. The summed E-state index contributed by atoms with van der Waals surface area (Å²) in [6.07, 6.45) is 0. The van der Waals surface area contributed by atoms with Crippen LogP contribution < -0.4 is 10.6 Å². The summed E-state index contributed by atoms with van der Waals surface area (Å²) in [7, 11) is 0. The van der Waals surface area contributed by atoms with E-state index in [9.17, 15) is 4.79 Å². The third-order valence-corrected chi connectivity index (χ3v) is 3.75. The van der Waals surface area contributed by atoms with Gasteiger partial charge in [-0.1, -0.05) is 24.3 Å². The van der Waals surface area contributed by atoms with Crippen LogP contribution in [0.25, 0.3) is 10.9 Å². The molecule has 1 fully saturated rings. The van der Waals surface area contributed by atoms with E-state index in [1.165, 1.54) is 0 Å². The van der Waals surface area contributed by atoms with Crippen molar-refractivity contribution in [1.82, 2.24) is 20.5 Å². The molecule has 1 aromatic heterocycles. The normalized spacial score (nSPS) is 16.0. The van der Waals surface area contributed by atoms with Crippen LogP contribution in [-0.4, -0.2) is 55.1 Å². The van der Waals surface area contributed by atoms with Crippen molar-refractivity contribution in [2.45, 2.75) is 0 Å². The maximum Gasteiger partial charge on any atom is 0.269 e. The Morgan fingerprint density at radius 2 is 2.00 bits per heavy atom. The van der Waals surface area contributed by atoms with Crippen molar-refractivity contribution in [2.24, 2.45) is 0 Å². The fourth-order valence-corrected chi connectivity index (χ4v) is 2.55. The van der Waals surface area contributed by atoms with Crippen LogP contribution in [0.2, 0.25) is 0 Å². The van der Waals surface area contributed by atoms with Crippen LogP contribution in [0.5, 0.6) is 0 Å². The highest BCUT2D eigenvalue weighted by Gasteiger charge is 2.11. The van der Waals surface area contributed by atoms with Crippen LogP contribution in [0.4, 0.5) is 0 Å². The largest absolute Gasteiger partial charge is 0.349 e. The van der Waals surface area contributed by atoms with E-state index in [1.807, 2.05) is 30.3 Å². The molecule has 1 aromatic carbocycles. The van der Waals surface area contributed by atoms with Gasteiger partial charge < -0.3 is 10.6 Å². The summed E-state index contributed by atoms with van der Waals surface area (Å²) in [6, 6.07) is 11.5. The van der Waals surface area contributed by atoms with Gasteiger partial charge >= 0.3 is 0 Å². The van der Waals surface area contributed by atoms with Crippen molar-refractivity contribution in [3.05, 3.63) is 42.1 Å². The molecule has 110 valence electrons. The third kappa shape index (κ3) is 3.56. The molecule has 2 heterocycles. The van der Waals surface area contributed by atoms with Crippen LogP contribution in [-0.2, 0) is 0 Å². The molecule has 0 aliphatic carbocycles. The summed E-state index contributed by atoms with van der Waals surface area (Å²) in [4.78, 5) is 18.9. The predicted octanol–water partition coefficient (Wildman–Crippen LogP) is 0.870. The average Bonchev–Trinajstić information content (AvgIpc) is 2.55. The Hall–Kier alpha value is -1.98. The van der Waals surface area contributed by atoms with Gasteiger partial charge in [-0.3, -0.25) is 9.69 Å². The lowest BCUT2D eigenvalue weighted by molar-refractivity contribution is 0.0942. The molecular weight excluding hydrogens is 264 g/mol. The fourth-order valence-electron chi connectivity index (χ4n) is 2.55. The number of hydrogen-bond acceptors (Lipinski definition) is 4. The van der Waals surface area contributed by atoms with Gasteiger partial charge in [0.05, 0.1) is 5.52 Å². The zero-order valence-electron chi connectivity index (χ0n) is 12.0. The average molecular weight is 284 g/mol. The Morgan fingerprint density at radius 1 is 1.19 bits per heavy atom. The van der Waals surface area contributed by atoms with E-state index < -0.39 is 0 Å². The number of rotatable bonds is 4. The molecule has 1 aliphatic rings. The first-order valence-electron chi connectivity index (χ1n) is 7.40. The minimum absolute atomic E-state index is 0.101. The second-order valence-electron chi connectivity index (χ2n) is 5.24. The van der Waals surface area contributed by atoms with Gasteiger partial charge in [0.25, 0.3) is 5.91 Å². The smallest absolute Gasteiger partial charge is 0.269 e. The zero-order chi connectivity index (χ0) is 14.5. The van der Waals surface area contributed by atoms with Gasteiger partial charge in [-0.15, -0.1) is 0 Å². The molecule has 0 saturated carbocycles. The fraction of sp³-hybridized carbons (Fsp3) is 0.375. The highest BCUT2D eigenvalue weighted by molar-refractivity contribution is 5.94. The molecular formula is C16H20N4O. The number of benzene rings is 1. The zero-order valence-corrected chi connectivity index (χ0v) is 12.0. The van der Waals surface area contributed by atoms with E-state index in [0.717, 1.165) is 43.6 Å². The van der Waals surface area contributed by atoms with E-state index in [1.54, 1.807) is 6.07 Å². The van der Waals surface area contributed by atoms with Gasteiger partial charge in [-0.2, -0.15) is 0 Å². The Bertz CT molecular complexity index is 622. The van der Waals surface area contributed by atoms with Crippen LogP contribution in [0.1, 0.15) is 10.5 Å². The third-order valence-electron chi connectivity index (χ3n) is 3.75. The summed E-state index contributed by atoms with van der Waals surface area (Å²) in [5.74, 6) is -0.101. The number of fused-ring (bicyclic) bond motifs is 1. The predicted molar refractivity (Wildman–Crippen MR) is 83.4 cm³/mol. The SMILES string of the molecule is O=C(NCCN1CCNCC1)c1ccc2ccccc2n1. The molecule has 1 saturated heterocycles. The van der Waals surface area contributed by atoms with Gasteiger partial charge in [0, 0.05) is 44.7 Å². The van der Waals surface area contributed by atoms with Gasteiger partial charge in [-0.05, 0) is 12.1 Å². The maximum atomic E-state index is 12.1. The highest BCUT2D eigenvalue weighted by Crippen LogP contribution is 2.11. The maximum absolute atomic E-state index is 12.1. The van der Waals surface area contributed by atoms with Crippen molar-refractivity contribution in [3.63, 3.8) is 0 Å². The van der Waals surface area contributed by atoms with E-state index in [2.05, 4.69) is 20.5 Å². The summed E-state index contributed by atoms with van der Waals surface area (Å²) in [6.45, 7) is 5.70. The molecule has 0 radical (unpaired) electrons. The Balaban J connectivity index is 1.56. The molecule has 1 aliphatic heterocycles. The number of piperazine rings is 1. The summed E-state index contributed by atoms with van der Waals surface area (Å²) >= 11 is 0. The van der Waals surface area contributed by atoms with E-state index in [4.69, 9.17) is 0 Å². The molecule has 1 amide bonds. The van der Waals surface area contributed by atoms with Crippen molar-refractivity contribution in [3.8, 4) is 0 Å². The second-order valence-corrected chi connectivity index (χ2v) is 5.24. The molecule has 2 N–H and O–H groups in total. The number of carbonyl (C=O) groups is 1. The van der Waals surface area contributed by atoms with Crippen LogP contribution >= 0.6 is 0 Å².